The molecular formula is C15H24N4O2S. The van der Waals surface area contributed by atoms with Gasteiger partial charge in [-0.1, -0.05) is 37.0 Å². The van der Waals surface area contributed by atoms with Crippen molar-refractivity contribution in [3.8, 4) is 0 Å². The number of urea groups is 1. The van der Waals surface area contributed by atoms with Crippen LogP contribution in [0, 0.1) is 5.92 Å². The lowest BCUT2D eigenvalue weighted by Gasteiger charge is -2.34. The topological polar surface area (TPSA) is 67.4 Å². The third kappa shape index (κ3) is 3.95. The maximum Gasteiger partial charge on any atom is 0.323 e. The van der Waals surface area contributed by atoms with Gasteiger partial charge in [0.15, 0.2) is 0 Å². The van der Waals surface area contributed by atoms with E-state index in [4.69, 9.17) is 4.74 Å². The van der Waals surface area contributed by atoms with Gasteiger partial charge in [-0.05, 0) is 19.8 Å². The largest absolute Gasteiger partial charge is 0.372 e. The van der Waals surface area contributed by atoms with Crippen molar-refractivity contribution in [3.63, 3.8) is 0 Å². The van der Waals surface area contributed by atoms with Gasteiger partial charge < -0.3 is 9.64 Å². The summed E-state index contributed by atoms with van der Waals surface area (Å²) in [5.41, 5.74) is 0. The molecule has 0 bridgehead atoms. The highest BCUT2D eigenvalue weighted by molar-refractivity contribution is 7.15. The molecule has 7 heteroatoms. The molecule has 2 atom stereocenters. The Hall–Kier alpha value is -1.21. The lowest BCUT2D eigenvalue weighted by Crippen LogP contribution is -2.49. The van der Waals surface area contributed by atoms with Crippen LogP contribution in [0.4, 0.5) is 9.93 Å². The van der Waals surface area contributed by atoms with E-state index in [1.807, 2.05) is 13.8 Å². The number of nitrogens with zero attached hydrogens (tertiary/aromatic N) is 3. The van der Waals surface area contributed by atoms with E-state index >= 15 is 0 Å². The van der Waals surface area contributed by atoms with Crippen LogP contribution in [0.5, 0.6) is 0 Å². The molecule has 2 fully saturated rings. The maximum absolute atomic E-state index is 12.3. The van der Waals surface area contributed by atoms with Crippen LogP contribution in [0.3, 0.4) is 0 Å². The molecular weight excluding hydrogens is 300 g/mol. The van der Waals surface area contributed by atoms with Crippen molar-refractivity contribution in [1.29, 1.82) is 0 Å². The molecule has 3 rings (SSSR count). The lowest BCUT2D eigenvalue weighted by atomic mass is 10.1. The summed E-state index contributed by atoms with van der Waals surface area (Å²) in [5, 5.41) is 12.8. The molecule has 2 amide bonds. The van der Waals surface area contributed by atoms with Crippen molar-refractivity contribution in [2.24, 2.45) is 5.92 Å². The number of carbonyl (C=O) groups excluding carboxylic acids is 1. The predicted octanol–water partition coefficient (Wildman–Crippen LogP) is 2.91. The standard InChI is InChI=1S/C15H24N4O2S/c1-10-8-19(9-11(2)21-10)15(20)16-14-18-17-13(22-14)7-12-5-3-4-6-12/h10-12H,3-9H2,1-2H3,(H,16,18,20). The van der Waals surface area contributed by atoms with Crippen molar-refractivity contribution in [2.45, 2.75) is 58.2 Å². The number of morpholine rings is 1. The quantitative estimate of drug-likeness (QED) is 0.928. The number of rotatable bonds is 3. The molecule has 0 spiro atoms. The van der Waals surface area contributed by atoms with Crippen LogP contribution in [0.2, 0.25) is 0 Å². The average molecular weight is 324 g/mol. The second kappa shape index (κ2) is 6.91. The molecule has 1 saturated carbocycles. The molecule has 0 aromatic carbocycles. The maximum atomic E-state index is 12.3. The van der Waals surface area contributed by atoms with E-state index in [0.717, 1.165) is 17.3 Å². The summed E-state index contributed by atoms with van der Waals surface area (Å²) in [7, 11) is 0. The van der Waals surface area contributed by atoms with Crippen molar-refractivity contribution in [3.05, 3.63) is 5.01 Å². The first kappa shape index (κ1) is 15.7. The number of carbonyl (C=O) groups is 1. The van der Waals surface area contributed by atoms with Gasteiger partial charge >= 0.3 is 6.03 Å². The second-order valence-electron chi connectivity index (χ2n) is 6.45. The van der Waals surface area contributed by atoms with E-state index in [-0.39, 0.29) is 18.2 Å². The van der Waals surface area contributed by atoms with Crippen LogP contribution < -0.4 is 5.32 Å². The molecule has 1 saturated heterocycles. The van der Waals surface area contributed by atoms with Gasteiger partial charge in [-0.2, -0.15) is 0 Å². The summed E-state index contributed by atoms with van der Waals surface area (Å²) in [6.07, 6.45) is 6.40. The van der Waals surface area contributed by atoms with Gasteiger partial charge in [0, 0.05) is 19.5 Å². The number of hydrogen-bond donors (Lipinski definition) is 1. The van der Waals surface area contributed by atoms with E-state index in [9.17, 15) is 4.79 Å². The molecule has 6 nitrogen and oxygen atoms in total. The van der Waals surface area contributed by atoms with Gasteiger partial charge in [0.1, 0.15) is 5.01 Å². The highest BCUT2D eigenvalue weighted by Gasteiger charge is 2.26. The van der Waals surface area contributed by atoms with Gasteiger partial charge in [-0.15, -0.1) is 10.2 Å². The zero-order chi connectivity index (χ0) is 15.5. The summed E-state index contributed by atoms with van der Waals surface area (Å²) >= 11 is 1.50. The number of nitrogens with one attached hydrogen (secondary N) is 1. The van der Waals surface area contributed by atoms with Gasteiger partial charge in [0.05, 0.1) is 12.2 Å². The molecule has 22 heavy (non-hydrogen) atoms. The third-order valence-corrected chi connectivity index (χ3v) is 5.19. The van der Waals surface area contributed by atoms with Gasteiger partial charge in [0.2, 0.25) is 5.13 Å². The fourth-order valence-electron chi connectivity index (χ4n) is 3.36. The summed E-state index contributed by atoms with van der Waals surface area (Å²) in [4.78, 5) is 14.1. The van der Waals surface area contributed by atoms with Crippen molar-refractivity contribution in [1.82, 2.24) is 15.1 Å². The Morgan fingerprint density at radius 3 is 2.64 bits per heavy atom. The Bertz CT molecular complexity index is 505. The number of anilines is 1. The number of hydrogen-bond acceptors (Lipinski definition) is 5. The first-order chi connectivity index (χ1) is 10.6. The van der Waals surface area contributed by atoms with Crippen LogP contribution in [0.25, 0.3) is 0 Å². The van der Waals surface area contributed by atoms with Crippen molar-refractivity contribution in [2.75, 3.05) is 18.4 Å². The summed E-state index contributed by atoms with van der Waals surface area (Å²) < 4.78 is 5.65. The SMILES string of the molecule is CC1CN(C(=O)Nc2nnc(CC3CCCC3)s2)CC(C)O1. The Morgan fingerprint density at radius 1 is 1.27 bits per heavy atom. The molecule has 2 heterocycles. The molecule has 2 aliphatic rings. The zero-order valence-electron chi connectivity index (χ0n) is 13.2. The molecule has 1 aromatic rings. The molecule has 1 N–H and O–H groups in total. The first-order valence-electron chi connectivity index (χ1n) is 8.14. The first-order valence-corrected chi connectivity index (χ1v) is 8.95. The zero-order valence-corrected chi connectivity index (χ0v) is 14.1. The Balaban J connectivity index is 1.54. The minimum Gasteiger partial charge on any atom is -0.372 e. The van der Waals surface area contributed by atoms with Crippen LogP contribution in [0.1, 0.15) is 44.5 Å². The van der Waals surface area contributed by atoms with Crippen LogP contribution in [-0.2, 0) is 11.2 Å². The highest BCUT2D eigenvalue weighted by atomic mass is 32.1. The molecule has 0 radical (unpaired) electrons. The predicted molar refractivity (Wildman–Crippen MR) is 86.2 cm³/mol. The highest BCUT2D eigenvalue weighted by Crippen LogP contribution is 2.29. The number of amides is 2. The Kier molecular flexibility index (Phi) is 4.93. The molecule has 1 aromatic heterocycles. The van der Waals surface area contributed by atoms with Crippen LogP contribution in [-0.4, -0.2) is 46.4 Å². The minimum atomic E-state index is -0.106. The van der Waals surface area contributed by atoms with Crippen LogP contribution in [0.15, 0.2) is 0 Å². The number of aromatic nitrogens is 2. The molecule has 122 valence electrons. The smallest absolute Gasteiger partial charge is 0.323 e. The fraction of sp³-hybridized carbons (Fsp3) is 0.800. The minimum absolute atomic E-state index is 0.0712. The fourth-order valence-corrected chi connectivity index (χ4v) is 4.21. The monoisotopic (exact) mass is 324 g/mol. The van der Waals surface area contributed by atoms with Gasteiger partial charge in [-0.25, -0.2) is 4.79 Å². The second-order valence-corrected chi connectivity index (χ2v) is 7.51. The van der Waals surface area contributed by atoms with E-state index in [0.29, 0.717) is 18.2 Å². The summed E-state index contributed by atoms with van der Waals surface area (Å²) in [6.45, 7) is 5.20. The third-order valence-electron chi connectivity index (χ3n) is 4.33. The van der Waals surface area contributed by atoms with Crippen molar-refractivity contribution < 1.29 is 9.53 Å². The Labute approximate surface area is 135 Å². The number of ether oxygens (including phenoxy) is 1. The summed E-state index contributed by atoms with van der Waals surface area (Å²) in [6, 6.07) is -0.106. The van der Waals surface area contributed by atoms with E-state index < -0.39 is 0 Å². The average Bonchev–Trinajstić information content (AvgIpc) is 3.10. The molecule has 1 aliphatic carbocycles. The van der Waals surface area contributed by atoms with Crippen molar-refractivity contribution >= 4 is 22.5 Å². The lowest BCUT2D eigenvalue weighted by molar-refractivity contribution is -0.0530. The molecule has 1 aliphatic heterocycles. The Morgan fingerprint density at radius 2 is 1.95 bits per heavy atom. The van der Waals surface area contributed by atoms with Crippen LogP contribution >= 0.6 is 11.3 Å². The van der Waals surface area contributed by atoms with E-state index in [2.05, 4.69) is 15.5 Å². The summed E-state index contributed by atoms with van der Waals surface area (Å²) in [5.74, 6) is 0.748. The van der Waals surface area contributed by atoms with E-state index in [1.54, 1.807) is 4.90 Å². The van der Waals surface area contributed by atoms with Gasteiger partial charge in [-0.3, -0.25) is 5.32 Å². The normalized spacial score (nSPS) is 26.4. The van der Waals surface area contributed by atoms with E-state index in [1.165, 1.54) is 37.0 Å². The van der Waals surface area contributed by atoms with Gasteiger partial charge in [0.25, 0.3) is 0 Å². The molecule has 2 unspecified atom stereocenters.